The number of rotatable bonds is 4. The Labute approximate surface area is 151 Å². The van der Waals surface area contributed by atoms with Crippen LogP contribution in [-0.4, -0.2) is 32.2 Å². The van der Waals surface area contributed by atoms with Gasteiger partial charge in [-0.1, -0.05) is 13.0 Å². The van der Waals surface area contributed by atoms with Crippen molar-refractivity contribution in [1.82, 2.24) is 15.0 Å². The third kappa shape index (κ3) is 2.92. The lowest BCUT2D eigenvalue weighted by Crippen LogP contribution is -2.42. The number of nitrogens with zero attached hydrogens (tertiary/aromatic N) is 3. The molecule has 6 nitrogen and oxygen atoms in total. The molecule has 4 rings (SSSR count). The van der Waals surface area contributed by atoms with E-state index in [1.165, 1.54) is 4.90 Å². The highest BCUT2D eigenvalue weighted by Gasteiger charge is 2.31. The molecule has 1 aromatic carbocycles. The Bertz CT molecular complexity index is 936. The number of pyridine rings is 1. The van der Waals surface area contributed by atoms with Gasteiger partial charge in [-0.3, -0.25) is 9.88 Å². The average molecular weight is 350 g/mol. The number of H-pyrrole nitrogens is 1. The van der Waals surface area contributed by atoms with Gasteiger partial charge in [0.25, 0.3) is 0 Å². The molecular formula is C20H22N4O2. The van der Waals surface area contributed by atoms with Gasteiger partial charge in [-0.05, 0) is 49.9 Å². The predicted molar refractivity (Wildman–Crippen MR) is 101 cm³/mol. The van der Waals surface area contributed by atoms with Crippen molar-refractivity contribution >= 4 is 22.8 Å². The molecule has 0 bridgehead atoms. The SMILES string of the molecule is CCC1CCc2c(ccc3[nH]c(CCc4ccccn4)nc23)N1C(=O)O. The van der Waals surface area contributed by atoms with Crippen molar-refractivity contribution in [2.45, 2.75) is 45.1 Å². The minimum Gasteiger partial charge on any atom is -0.465 e. The molecule has 1 amide bonds. The zero-order valence-electron chi connectivity index (χ0n) is 14.8. The Morgan fingerprint density at radius 1 is 1.31 bits per heavy atom. The third-order valence-corrected chi connectivity index (χ3v) is 5.16. The van der Waals surface area contributed by atoms with Crippen LogP contribution in [0.25, 0.3) is 11.0 Å². The van der Waals surface area contributed by atoms with Gasteiger partial charge in [-0.25, -0.2) is 9.78 Å². The first kappa shape index (κ1) is 16.6. The van der Waals surface area contributed by atoms with Crippen molar-refractivity contribution < 1.29 is 9.90 Å². The fourth-order valence-electron chi connectivity index (χ4n) is 3.84. The van der Waals surface area contributed by atoms with E-state index in [9.17, 15) is 9.90 Å². The monoisotopic (exact) mass is 350 g/mol. The topological polar surface area (TPSA) is 82.1 Å². The summed E-state index contributed by atoms with van der Waals surface area (Å²) in [6.45, 7) is 2.04. The molecule has 1 aliphatic rings. The van der Waals surface area contributed by atoms with E-state index < -0.39 is 6.09 Å². The van der Waals surface area contributed by atoms with E-state index in [-0.39, 0.29) is 6.04 Å². The molecule has 134 valence electrons. The highest BCUT2D eigenvalue weighted by atomic mass is 16.4. The Morgan fingerprint density at radius 2 is 2.19 bits per heavy atom. The minimum absolute atomic E-state index is 0.0417. The summed E-state index contributed by atoms with van der Waals surface area (Å²) in [6.07, 6.45) is 5.03. The van der Waals surface area contributed by atoms with Gasteiger partial charge in [0.15, 0.2) is 0 Å². The molecule has 1 aliphatic heterocycles. The molecule has 3 aromatic rings. The van der Waals surface area contributed by atoms with Gasteiger partial charge >= 0.3 is 6.09 Å². The van der Waals surface area contributed by atoms with Gasteiger partial charge in [-0.15, -0.1) is 0 Å². The molecule has 1 atom stereocenters. The van der Waals surface area contributed by atoms with Crippen molar-refractivity contribution in [2.75, 3.05) is 4.90 Å². The van der Waals surface area contributed by atoms with E-state index in [0.717, 1.165) is 65.9 Å². The number of aryl methyl sites for hydroxylation is 3. The highest BCUT2D eigenvalue weighted by Crippen LogP contribution is 2.36. The molecule has 0 aliphatic carbocycles. The van der Waals surface area contributed by atoms with E-state index in [1.54, 1.807) is 6.20 Å². The van der Waals surface area contributed by atoms with Gasteiger partial charge in [0.05, 0.1) is 16.7 Å². The number of imidazole rings is 1. The minimum atomic E-state index is -0.886. The number of carboxylic acid groups (broad SMARTS) is 1. The summed E-state index contributed by atoms with van der Waals surface area (Å²) in [5, 5.41) is 9.66. The molecule has 3 heterocycles. The Hall–Kier alpha value is -2.89. The third-order valence-electron chi connectivity index (χ3n) is 5.16. The summed E-state index contributed by atoms with van der Waals surface area (Å²) in [5.74, 6) is 0.915. The van der Waals surface area contributed by atoms with Gasteiger partial charge in [-0.2, -0.15) is 0 Å². The molecule has 0 saturated carbocycles. The largest absolute Gasteiger partial charge is 0.465 e. The second kappa shape index (κ2) is 6.78. The molecule has 0 saturated heterocycles. The lowest BCUT2D eigenvalue weighted by atomic mass is 9.93. The summed E-state index contributed by atoms with van der Waals surface area (Å²) in [5.41, 5.74) is 4.73. The molecule has 6 heteroatoms. The van der Waals surface area contributed by atoms with Gasteiger partial charge in [0.2, 0.25) is 0 Å². The van der Waals surface area contributed by atoms with Crippen LogP contribution in [-0.2, 0) is 19.3 Å². The molecule has 2 N–H and O–H groups in total. The van der Waals surface area contributed by atoms with Crippen LogP contribution in [0.2, 0.25) is 0 Å². The smallest absolute Gasteiger partial charge is 0.412 e. The van der Waals surface area contributed by atoms with Crippen molar-refractivity contribution in [3.63, 3.8) is 0 Å². The van der Waals surface area contributed by atoms with Crippen molar-refractivity contribution in [1.29, 1.82) is 0 Å². The predicted octanol–water partition coefficient (Wildman–Crippen LogP) is 3.95. The molecule has 0 spiro atoms. The first-order valence-electron chi connectivity index (χ1n) is 9.10. The summed E-state index contributed by atoms with van der Waals surface area (Å²) in [6, 6.07) is 9.81. The number of hydrogen-bond acceptors (Lipinski definition) is 3. The number of amides is 1. The number of aromatic nitrogens is 3. The number of fused-ring (bicyclic) bond motifs is 3. The molecule has 1 unspecified atom stereocenters. The fourth-order valence-corrected chi connectivity index (χ4v) is 3.84. The number of carbonyl (C=O) groups is 1. The molecular weight excluding hydrogens is 328 g/mol. The standard InChI is InChI=1S/C20H22N4O2/c1-2-14-7-8-15-17(24(14)20(25)26)10-9-16-19(15)23-18(22-16)11-6-13-5-3-4-12-21-13/h3-5,9-10,12,14H,2,6-8,11H2,1H3,(H,22,23)(H,25,26). The normalized spacial score (nSPS) is 16.7. The van der Waals surface area contributed by atoms with E-state index in [2.05, 4.69) is 9.97 Å². The van der Waals surface area contributed by atoms with Crippen LogP contribution in [0.15, 0.2) is 36.5 Å². The van der Waals surface area contributed by atoms with E-state index in [0.29, 0.717) is 0 Å². The van der Waals surface area contributed by atoms with Crippen LogP contribution in [0.3, 0.4) is 0 Å². The first-order chi connectivity index (χ1) is 12.7. The van der Waals surface area contributed by atoms with Gasteiger partial charge in [0.1, 0.15) is 5.82 Å². The van der Waals surface area contributed by atoms with Crippen LogP contribution < -0.4 is 4.90 Å². The van der Waals surface area contributed by atoms with E-state index >= 15 is 0 Å². The number of hydrogen-bond donors (Lipinski definition) is 2. The summed E-state index contributed by atoms with van der Waals surface area (Å²) in [4.78, 5) is 25.8. The maximum atomic E-state index is 11.8. The fraction of sp³-hybridized carbons (Fsp3) is 0.350. The van der Waals surface area contributed by atoms with Crippen molar-refractivity contribution in [2.24, 2.45) is 0 Å². The van der Waals surface area contributed by atoms with Crippen LogP contribution in [0, 0.1) is 0 Å². The molecule has 26 heavy (non-hydrogen) atoms. The first-order valence-corrected chi connectivity index (χ1v) is 9.10. The number of benzene rings is 1. The number of aromatic amines is 1. The highest BCUT2D eigenvalue weighted by molar-refractivity contribution is 5.94. The average Bonchev–Trinajstić information content (AvgIpc) is 3.09. The molecule has 0 radical (unpaired) electrons. The maximum Gasteiger partial charge on any atom is 0.412 e. The maximum absolute atomic E-state index is 11.8. The van der Waals surface area contributed by atoms with Crippen LogP contribution in [0.5, 0.6) is 0 Å². The van der Waals surface area contributed by atoms with E-state index in [1.807, 2.05) is 37.3 Å². The van der Waals surface area contributed by atoms with Gasteiger partial charge in [0, 0.05) is 29.9 Å². The van der Waals surface area contributed by atoms with E-state index in [4.69, 9.17) is 4.98 Å². The van der Waals surface area contributed by atoms with Crippen molar-refractivity contribution in [3.8, 4) is 0 Å². The second-order valence-corrected chi connectivity index (χ2v) is 6.72. The molecule has 0 fully saturated rings. The van der Waals surface area contributed by atoms with Crippen LogP contribution in [0.4, 0.5) is 10.5 Å². The van der Waals surface area contributed by atoms with Crippen LogP contribution in [0.1, 0.15) is 36.8 Å². The number of nitrogens with one attached hydrogen (secondary N) is 1. The summed E-state index contributed by atoms with van der Waals surface area (Å²) >= 11 is 0. The Morgan fingerprint density at radius 3 is 2.92 bits per heavy atom. The second-order valence-electron chi connectivity index (χ2n) is 6.72. The Balaban J connectivity index is 1.66. The lowest BCUT2D eigenvalue weighted by molar-refractivity contribution is 0.197. The van der Waals surface area contributed by atoms with Crippen molar-refractivity contribution in [3.05, 3.63) is 53.6 Å². The zero-order valence-corrected chi connectivity index (χ0v) is 14.8. The summed E-state index contributed by atoms with van der Waals surface area (Å²) < 4.78 is 0. The van der Waals surface area contributed by atoms with Crippen LogP contribution >= 0.6 is 0 Å². The van der Waals surface area contributed by atoms with Gasteiger partial charge < -0.3 is 10.1 Å². The quantitative estimate of drug-likeness (QED) is 0.746. The Kier molecular flexibility index (Phi) is 4.32. The summed E-state index contributed by atoms with van der Waals surface area (Å²) in [7, 11) is 0. The molecule has 2 aromatic heterocycles. The lowest BCUT2D eigenvalue weighted by Gasteiger charge is -2.34. The number of anilines is 1. The zero-order chi connectivity index (χ0) is 18.1.